The van der Waals surface area contributed by atoms with E-state index in [1.54, 1.807) is 11.8 Å². The van der Waals surface area contributed by atoms with Gasteiger partial charge in [0.1, 0.15) is 5.75 Å². The van der Waals surface area contributed by atoms with Gasteiger partial charge in [0.05, 0.1) is 0 Å². The highest BCUT2D eigenvalue weighted by Gasteiger charge is 2.26. The number of ketones is 1. The minimum atomic E-state index is -0.349. The lowest BCUT2D eigenvalue weighted by Gasteiger charge is -2.24. The van der Waals surface area contributed by atoms with Crippen molar-refractivity contribution >= 4 is 33.5 Å². The van der Waals surface area contributed by atoms with Gasteiger partial charge in [-0.05, 0) is 29.8 Å². The van der Waals surface area contributed by atoms with E-state index in [4.69, 9.17) is 4.74 Å². The largest absolute Gasteiger partial charge is 0.481 e. The zero-order valence-corrected chi connectivity index (χ0v) is 13.1. The summed E-state index contributed by atoms with van der Waals surface area (Å²) in [6, 6.07) is 15.7. The summed E-state index contributed by atoms with van der Waals surface area (Å²) in [5, 5.41) is 0. The number of hydrogen-bond donors (Lipinski definition) is 0. The van der Waals surface area contributed by atoms with Crippen molar-refractivity contribution in [3.05, 3.63) is 58.6 Å². The van der Waals surface area contributed by atoms with E-state index in [0.717, 1.165) is 20.7 Å². The highest BCUT2D eigenvalue weighted by atomic mass is 79.9. The first-order chi connectivity index (χ1) is 9.72. The molecule has 2 aromatic carbocycles. The second kappa shape index (κ2) is 6.02. The number of halogens is 1. The molecule has 3 rings (SSSR count). The first kappa shape index (κ1) is 13.7. The van der Waals surface area contributed by atoms with Gasteiger partial charge in [0.15, 0.2) is 11.9 Å². The van der Waals surface area contributed by atoms with Gasteiger partial charge < -0.3 is 4.74 Å². The molecule has 2 aromatic rings. The Balaban J connectivity index is 1.68. The van der Waals surface area contributed by atoms with Crippen LogP contribution in [0, 0.1) is 0 Å². The van der Waals surface area contributed by atoms with Gasteiger partial charge in [0.2, 0.25) is 0 Å². The SMILES string of the molecule is O=C(Cc1ccc(Br)cc1)C1CSc2ccccc2O1. The van der Waals surface area contributed by atoms with E-state index in [-0.39, 0.29) is 11.9 Å². The number of thioether (sulfide) groups is 1. The third kappa shape index (κ3) is 3.07. The lowest BCUT2D eigenvalue weighted by Crippen LogP contribution is -2.33. The number of ether oxygens (including phenoxy) is 1. The minimum Gasteiger partial charge on any atom is -0.481 e. The Kier molecular flexibility index (Phi) is 4.13. The predicted octanol–water partition coefficient (Wildman–Crippen LogP) is 4.11. The normalized spacial score (nSPS) is 17.1. The average molecular weight is 349 g/mol. The molecule has 0 amide bonds. The molecule has 1 unspecified atom stereocenters. The van der Waals surface area contributed by atoms with Crippen molar-refractivity contribution in [1.82, 2.24) is 0 Å². The van der Waals surface area contributed by atoms with E-state index < -0.39 is 0 Å². The summed E-state index contributed by atoms with van der Waals surface area (Å²) >= 11 is 5.08. The van der Waals surface area contributed by atoms with Crippen LogP contribution in [0.1, 0.15) is 5.56 Å². The molecule has 0 fully saturated rings. The van der Waals surface area contributed by atoms with Crippen molar-refractivity contribution < 1.29 is 9.53 Å². The van der Waals surface area contributed by atoms with E-state index in [1.807, 2.05) is 48.5 Å². The van der Waals surface area contributed by atoms with Crippen LogP contribution in [0.5, 0.6) is 5.75 Å². The van der Waals surface area contributed by atoms with Crippen LogP contribution in [-0.4, -0.2) is 17.6 Å². The lowest BCUT2D eigenvalue weighted by molar-refractivity contribution is -0.124. The van der Waals surface area contributed by atoms with Gasteiger partial charge in [-0.2, -0.15) is 0 Å². The monoisotopic (exact) mass is 348 g/mol. The van der Waals surface area contributed by atoms with Crippen LogP contribution in [0.15, 0.2) is 57.9 Å². The van der Waals surface area contributed by atoms with Crippen molar-refractivity contribution in [3.63, 3.8) is 0 Å². The first-order valence-electron chi connectivity index (χ1n) is 6.38. The maximum atomic E-state index is 12.3. The Labute approximate surface area is 130 Å². The van der Waals surface area contributed by atoms with Crippen LogP contribution in [0.25, 0.3) is 0 Å². The molecule has 1 heterocycles. The Bertz CT molecular complexity index is 625. The van der Waals surface area contributed by atoms with Crippen LogP contribution < -0.4 is 4.74 Å². The number of hydrogen-bond acceptors (Lipinski definition) is 3. The number of Topliss-reactive ketones (excluding diaryl/α,β-unsaturated/α-hetero) is 1. The Morgan fingerprint density at radius 1 is 1.20 bits per heavy atom. The standard InChI is InChI=1S/C16H13BrO2S/c17-12-7-5-11(6-8-12)9-13(18)15-10-20-16-4-2-1-3-14(16)19-15/h1-8,15H,9-10H2. The van der Waals surface area contributed by atoms with E-state index in [9.17, 15) is 4.79 Å². The molecule has 0 bridgehead atoms. The molecule has 0 saturated carbocycles. The summed E-state index contributed by atoms with van der Waals surface area (Å²) < 4.78 is 6.83. The lowest BCUT2D eigenvalue weighted by atomic mass is 10.1. The number of para-hydroxylation sites is 1. The third-order valence-corrected chi connectivity index (χ3v) is 4.81. The molecule has 1 aliphatic rings. The first-order valence-corrected chi connectivity index (χ1v) is 8.16. The molecule has 0 aliphatic carbocycles. The minimum absolute atomic E-state index is 0.134. The van der Waals surface area contributed by atoms with E-state index in [1.165, 1.54) is 0 Å². The van der Waals surface area contributed by atoms with Gasteiger partial charge >= 0.3 is 0 Å². The zero-order valence-electron chi connectivity index (χ0n) is 10.7. The number of rotatable bonds is 3. The molecule has 1 atom stereocenters. The fraction of sp³-hybridized carbons (Fsp3) is 0.188. The van der Waals surface area contributed by atoms with Crippen molar-refractivity contribution in [3.8, 4) is 5.75 Å². The fourth-order valence-corrected chi connectivity index (χ4v) is 3.38. The molecule has 0 N–H and O–H groups in total. The van der Waals surface area contributed by atoms with Crippen LogP contribution in [-0.2, 0) is 11.2 Å². The van der Waals surface area contributed by atoms with Crippen LogP contribution in [0.2, 0.25) is 0 Å². The molecule has 2 nitrogen and oxygen atoms in total. The molecule has 20 heavy (non-hydrogen) atoms. The summed E-state index contributed by atoms with van der Waals surface area (Å²) in [5.41, 5.74) is 1.02. The predicted molar refractivity (Wildman–Crippen MR) is 84.4 cm³/mol. The molecule has 0 radical (unpaired) electrons. The maximum Gasteiger partial charge on any atom is 0.178 e. The number of fused-ring (bicyclic) bond motifs is 1. The van der Waals surface area contributed by atoms with Gasteiger partial charge in [-0.25, -0.2) is 0 Å². The highest BCUT2D eigenvalue weighted by molar-refractivity contribution is 9.10. The average Bonchev–Trinajstić information content (AvgIpc) is 2.49. The van der Waals surface area contributed by atoms with Gasteiger partial charge in [0, 0.05) is 21.5 Å². The zero-order chi connectivity index (χ0) is 13.9. The van der Waals surface area contributed by atoms with Crippen LogP contribution in [0.3, 0.4) is 0 Å². The second-order valence-electron chi connectivity index (χ2n) is 4.63. The molecule has 4 heteroatoms. The molecular formula is C16H13BrO2S. The molecule has 1 aliphatic heterocycles. The Morgan fingerprint density at radius 3 is 2.75 bits per heavy atom. The molecule has 0 saturated heterocycles. The number of benzene rings is 2. The van der Waals surface area contributed by atoms with Crippen molar-refractivity contribution in [2.75, 3.05) is 5.75 Å². The van der Waals surface area contributed by atoms with Crippen molar-refractivity contribution in [1.29, 1.82) is 0 Å². The quantitative estimate of drug-likeness (QED) is 0.834. The van der Waals surface area contributed by atoms with Crippen LogP contribution in [0.4, 0.5) is 0 Å². The van der Waals surface area contributed by atoms with Gasteiger partial charge in [-0.1, -0.05) is 40.2 Å². The third-order valence-electron chi connectivity index (χ3n) is 3.16. The highest BCUT2D eigenvalue weighted by Crippen LogP contribution is 2.35. The van der Waals surface area contributed by atoms with Crippen LogP contribution >= 0.6 is 27.7 Å². The molecular weight excluding hydrogens is 336 g/mol. The fourth-order valence-electron chi connectivity index (χ4n) is 2.10. The van der Waals surface area contributed by atoms with E-state index in [0.29, 0.717) is 12.2 Å². The van der Waals surface area contributed by atoms with Gasteiger partial charge in [-0.15, -0.1) is 11.8 Å². The number of carbonyl (C=O) groups is 1. The summed E-state index contributed by atoms with van der Waals surface area (Å²) in [5.74, 6) is 1.64. The Hall–Kier alpha value is -1.26. The maximum absolute atomic E-state index is 12.3. The number of carbonyl (C=O) groups excluding carboxylic acids is 1. The van der Waals surface area contributed by atoms with Gasteiger partial charge in [0.25, 0.3) is 0 Å². The molecule has 0 aromatic heterocycles. The van der Waals surface area contributed by atoms with E-state index >= 15 is 0 Å². The molecule has 102 valence electrons. The summed E-state index contributed by atoms with van der Waals surface area (Å²) in [6.45, 7) is 0. The van der Waals surface area contributed by atoms with E-state index in [2.05, 4.69) is 15.9 Å². The Morgan fingerprint density at radius 2 is 1.95 bits per heavy atom. The second-order valence-corrected chi connectivity index (χ2v) is 6.61. The molecule has 0 spiro atoms. The van der Waals surface area contributed by atoms with Gasteiger partial charge in [-0.3, -0.25) is 4.79 Å². The topological polar surface area (TPSA) is 26.3 Å². The summed E-state index contributed by atoms with van der Waals surface area (Å²) in [4.78, 5) is 13.4. The summed E-state index contributed by atoms with van der Waals surface area (Å²) in [6.07, 6.45) is 0.0688. The van der Waals surface area contributed by atoms with Crippen molar-refractivity contribution in [2.24, 2.45) is 0 Å². The summed E-state index contributed by atoms with van der Waals surface area (Å²) in [7, 11) is 0. The van der Waals surface area contributed by atoms with Crippen molar-refractivity contribution in [2.45, 2.75) is 17.4 Å². The smallest absolute Gasteiger partial charge is 0.178 e.